The van der Waals surface area contributed by atoms with E-state index in [1.54, 1.807) is 12.3 Å². The molecule has 0 N–H and O–H groups in total. The van der Waals surface area contributed by atoms with Gasteiger partial charge in [0.15, 0.2) is 5.69 Å². The predicted molar refractivity (Wildman–Crippen MR) is 98.9 cm³/mol. The van der Waals surface area contributed by atoms with Crippen LogP contribution in [0.25, 0.3) is 0 Å². The Morgan fingerprint density at radius 1 is 1.31 bits per heavy atom. The van der Waals surface area contributed by atoms with E-state index in [0.29, 0.717) is 29.4 Å². The summed E-state index contributed by atoms with van der Waals surface area (Å²) in [6.07, 6.45) is 3.47. The Morgan fingerprint density at radius 3 is 2.77 bits per heavy atom. The molecular weight excluding hydrogens is 354 g/mol. The van der Waals surface area contributed by atoms with Crippen molar-refractivity contribution in [2.45, 2.75) is 59.7 Å². The fraction of sp³-hybridized carbons (Fsp3) is 0.737. The van der Waals surface area contributed by atoms with Crippen LogP contribution in [0.5, 0.6) is 0 Å². The lowest BCUT2D eigenvalue weighted by Gasteiger charge is -2.36. The van der Waals surface area contributed by atoms with Crippen LogP contribution in [-0.4, -0.2) is 36.2 Å². The van der Waals surface area contributed by atoms with E-state index in [1.165, 1.54) is 17.8 Å². The van der Waals surface area contributed by atoms with Gasteiger partial charge in [-0.05, 0) is 37.5 Å². The van der Waals surface area contributed by atoms with Crippen molar-refractivity contribution in [1.82, 2.24) is 4.98 Å². The van der Waals surface area contributed by atoms with Crippen LogP contribution < -0.4 is 0 Å². The molecule has 0 aliphatic heterocycles. The number of ether oxygens (including phenoxy) is 3. The maximum atomic E-state index is 12.0. The predicted octanol–water partition coefficient (Wildman–Crippen LogP) is 3.84. The van der Waals surface area contributed by atoms with E-state index in [2.05, 4.69) is 25.8 Å². The van der Waals surface area contributed by atoms with Gasteiger partial charge in [-0.2, -0.15) is 0 Å². The van der Waals surface area contributed by atoms with Crippen molar-refractivity contribution < 1.29 is 23.8 Å². The Bertz CT molecular complexity index is 601. The molecule has 3 unspecified atom stereocenters. The van der Waals surface area contributed by atoms with Crippen LogP contribution in [0.2, 0.25) is 0 Å². The SMILES string of the molecule is CCOC(=O)c1csc(COC(=O)COC2CC(C)CCC2C(C)C)n1. The molecule has 0 saturated heterocycles. The molecule has 0 spiro atoms. The lowest BCUT2D eigenvalue weighted by Crippen LogP contribution is -2.35. The van der Waals surface area contributed by atoms with Gasteiger partial charge < -0.3 is 14.2 Å². The summed E-state index contributed by atoms with van der Waals surface area (Å²) < 4.78 is 16.0. The van der Waals surface area contributed by atoms with Crippen LogP contribution >= 0.6 is 11.3 Å². The standard InChI is InChI=1S/C19H29NO5S/c1-5-23-19(22)15-11-26-17(20-15)9-25-18(21)10-24-16-8-13(4)6-7-14(16)12(2)3/h11-14,16H,5-10H2,1-4H3. The molecule has 1 saturated carbocycles. The van der Waals surface area contributed by atoms with Gasteiger partial charge in [0.2, 0.25) is 0 Å². The number of carbonyl (C=O) groups excluding carboxylic acids is 2. The number of hydrogen-bond acceptors (Lipinski definition) is 7. The topological polar surface area (TPSA) is 74.7 Å². The van der Waals surface area contributed by atoms with Crippen molar-refractivity contribution >= 4 is 23.3 Å². The van der Waals surface area contributed by atoms with Crippen molar-refractivity contribution in [2.75, 3.05) is 13.2 Å². The molecule has 0 amide bonds. The summed E-state index contributed by atoms with van der Waals surface area (Å²) in [5, 5.41) is 2.17. The van der Waals surface area contributed by atoms with E-state index in [1.807, 2.05) is 0 Å². The third kappa shape index (κ3) is 6.06. The Morgan fingerprint density at radius 2 is 2.08 bits per heavy atom. The van der Waals surface area contributed by atoms with Gasteiger partial charge in [0.05, 0.1) is 12.7 Å². The summed E-state index contributed by atoms with van der Waals surface area (Å²) in [4.78, 5) is 27.7. The molecule has 0 aromatic carbocycles. The normalized spacial score (nSPS) is 23.0. The van der Waals surface area contributed by atoms with Crippen molar-refractivity contribution in [1.29, 1.82) is 0 Å². The molecule has 1 aliphatic carbocycles. The van der Waals surface area contributed by atoms with E-state index in [0.717, 1.165) is 12.8 Å². The molecule has 146 valence electrons. The molecule has 1 aromatic heterocycles. The fourth-order valence-corrected chi connectivity index (χ4v) is 4.02. The monoisotopic (exact) mass is 383 g/mol. The third-order valence-electron chi connectivity index (χ3n) is 4.77. The molecule has 7 heteroatoms. The molecule has 1 aromatic rings. The number of hydrogen-bond donors (Lipinski definition) is 0. The lowest BCUT2D eigenvalue weighted by molar-refractivity contribution is -0.155. The second-order valence-electron chi connectivity index (χ2n) is 7.18. The van der Waals surface area contributed by atoms with E-state index < -0.39 is 11.9 Å². The smallest absolute Gasteiger partial charge is 0.357 e. The Labute approximate surface area is 159 Å². The molecule has 1 fully saturated rings. The van der Waals surface area contributed by atoms with Gasteiger partial charge in [-0.3, -0.25) is 0 Å². The zero-order valence-electron chi connectivity index (χ0n) is 16.0. The first-order chi connectivity index (χ1) is 12.4. The first-order valence-electron chi connectivity index (χ1n) is 9.29. The molecule has 26 heavy (non-hydrogen) atoms. The summed E-state index contributed by atoms with van der Waals surface area (Å²) in [6, 6.07) is 0. The van der Waals surface area contributed by atoms with E-state index in [-0.39, 0.29) is 25.0 Å². The van der Waals surface area contributed by atoms with Gasteiger partial charge >= 0.3 is 11.9 Å². The summed E-state index contributed by atoms with van der Waals surface area (Å²) in [5.41, 5.74) is 0.245. The number of aromatic nitrogens is 1. The van der Waals surface area contributed by atoms with E-state index >= 15 is 0 Å². The number of nitrogens with zero attached hydrogens (tertiary/aromatic N) is 1. The number of carbonyl (C=O) groups is 2. The van der Waals surface area contributed by atoms with Gasteiger partial charge in [0, 0.05) is 5.38 Å². The van der Waals surface area contributed by atoms with Gasteiger partial charge in [-0.1, -0.05) is 27.2 Å². The van der Waals surface area contributed by atoms with Gasteiger partial charge in [0.1, 0.15) is 18.2 Å². The van der Waals surface area contributed by atoms with Crippen LogP contribution in [0.1, 0.15) is 62.5 Å². The van der Waals surface area contributed by atoms with E-state index in [4.69, 9.17) is 14.2 Å². The minimum atomic E-state index is -0.462. The molecule has 0 bridgehead atoms. The highest BCUT2D eigenvalue weighted by molar-refractivity contribution is 7.09. The fourth-order valence-electron chi connectivity index (χ4n) is 3.34. The summed E-state index contributed by atoms with van der Waals surface area (Å²) in [5.74, 6) is 0.794. The maximum Gasteiger partial charge on any atom is 0.357 e. The van der Waals surface area contributed by atoms with Crippen LogP contribution in [-0.2, 0) is 25.6 Å². The Hall–Kier alpha value is -1.47. The van der Waals surface area contributed by atoms with Crippen molar-refractivity contribution in [3.8, 4) is 0 Å². The Kier molecular flexibility index (Phi) is 8.03. The number of thiazole rings is 1. The van der Waals surface area contributed by atoms with E-state index in [9.17, 15) is 9.59 Å². The molecule has 6 nitrogen and oxygen atoms in total. The number of esters is 2. The third-order valence-corrected chi connectivity index (χ3v) is 5.59. The van der Waals surface area contributed by atoms with Crippen LogP contribution in [0, 0.1) is 17.8 Å². The van der Waals surface area contributed by atoms with Crippen LogP contribution in [0.15, 0.2) is 5.38 Å². The molecule has 2 rings (SSSR count). The zero-order chi connectivity index (χ0) is 19.1. The summed E-state index contributed by atoms with van der Waals surface area (Å²) in [6.45, 7) is 8.68. The average molecular weight is 384 g/mol. The van der Waals surface area contributed by atoms with Gasteiger partial charge in [0.25, 0.3) is 0 Å². The van der Waals surface area contributed by atoms with Crippen LogP contribution in [0.3, 0.4) is 0 Å². The summed E-state index contributed by atoms with van der Waals surface area (Å²) in [7, 11) is 0. The minimum absolute atomic E-state index is 0.0426. The molecular formula is C19H29NO5S. The zero-order valence-corrected chi connectivity index (χ0v) is 16.8. The highest BCUT2D eigenvalue weighted by Crippen LogP contribution is 2.35. The first kappa shape index (κ1) is 20.8. The molecule has 1 aliphatic rings. The lowest BCUT2D eigenvalue weighted by atomic mass is 9.75. The quantitative estimate of drug-likeness (QED) is 0.635. The first-order valence-corrected chi connectivity index (χ1v) is 10.2. The second-order valence-corrected chi connectivity index (χ2v) is 8.13. The van der Waals surface area contributed by atoms with Crippen LogP contribution in [0.4, 0.5) is 0 Å². The Balaban J connectivity index is 1.77. The highest BCUT2D eigenvalue weighted by Gasteiger charge is 2.31. The minimum Gasteiger partial charge on any atom is -0.461 e. The van der Waals surface area contributed by atoms with Crippen molar-refractivity contribution in [3.63, 3.8) is 0 Å². The largest absolute Gasteiger partial charge is 0.461 e. The van der Waals surface area contributed by atoms with Gasteiger partial charge in [-0.15, -0.1) is 11.3 Å². The highest BCUT2D eigenvalue weighted by atomic mass is 32.1. The second kappa shape index (κ2) is 10.0. The van der Waals surface area contributed by atoms with Crippen molar-refractivity contribution in [2.24, 2.45) is 17.8 Å². The molecule has 3 atom stereocenters. The van der Waals surface area contributed by atoms with Crippen molar-refractivity contribution in [3.05, 3.63) is 16.1 Å². The molecule has 1 heterocycles. The summed E-state index contributed by atoms with van der Waals surface area (Å²) >= 11 is 1.27. The maximum absolute atomic E-state index is 12.0. The number of rotatable bonds is 8. The molecule has 0 radical (unpaired) electrons. The average Bonchev–Trinajstić information content (AvgIpc) is 3.07. The van der Waals surface area contributed by atoms with Gasteiger partial charge in [-0.25, -0.2) is 14.6 Å².